The van der Waals surface area contributed by atoms with E-state index in [9.17, 15) is 8.42 Å². The van der Waals surface area contributed by atoms with E-state index in [1.165, 1.54) is 0 Å². The van der Waals surface area contributed by atoms with Crippen LogP contribution in [-0.4, -0.2) is 47.0 Å². The monoisotopic (exact) mass is 335 g/mol. The van der Waals surface area contributed by atoms with Crippen molar-refractivity contribution < 1.29 is 8.42 Å². The molecule has 0 aliphatic carbocycles. The van der Waals surface area contributed by atoms with Gasteiger partial charge >= 0.3 is 0 Å². The number of nitrogens with one attached hydrogen (secondary N) is 2. The first kappa shape index (κ1) is 15.9. The third kappa shape index (κ3) is 3.87. The quantitative estimate of drug-likeness (QED) is 0.880. The van der Waals surface area contributed by atoms with Gasteiger partial charge in [-0.05, 0) is 32.8 Å². The fourth-order valence-electron chi connectivity index (χ4n) is 2.62. The lowest BCUT2D eigenvalue weighted by Gasteiger charge is -2.23. The molecule has 7 nitrogen and oxygen atoms in total. The zero-order valence-electron chi connectivity index (χ0n) is 13.3. The lowest BCUT2D eigenvalue weighted by Crippen LogP contribution is -2.32. The van der Waals surface area contributed by atoms with E-state index in [0.29, 0.717) is 18.8 Å². The first-order valence-electron chi connectivity index (χ1n) is 7.78. The van der Waals surface area contributed by atoms with Crippen molar-refractivity contribution in [3.05, 3.63) is 18.5 Å². The van der Waals surface area contributed by atoms with Gasteiger partial charge in [0.05, 0.1) is 11.5 Å². The lowest BCUT2D eigenvalue weighted by atomic mass is 10.1. The highest BCUT2D eigenvalue weighted by Gasteiger charge is 2.24. The number of sulfone groups is 1. The molecule has 0 spiro atoms. The number of rotatable bonds is 4. The maximum atomic E-state index is 11.5. The van der Waals surface area contributed by atoms with Crippen LogP contribution < -0.4 is 10.6 Å². The summed E-state index contributed by atoms with van der Waals surface area (Å²) >= 11 is 0. The molecule has 2 aromatic rings. The molecule has 1 aliphatic rings. The topological polar surface area (TPSA) is 96.9 Å². The molecule has 0 amide bonds. The van der Waals surface area contributed by atoms with Gasteiger partial charge in [-0.25, -0.2) is 23.4 Å². The van der Waals surface area contributed by atoms with Gasteiger partial charge in [-0.15, -0.1) is 0 Å². The molecule has 124 valence electrons. The smallest absolute Gasteiger partial charge is 0.223 e. The zero-order valence-corrected chi connectivity index (χ0v) is 14.1. The van der Waals surface area contributed by atoms with Gasteiger partial charge < -0.3 is 10.6 Å². The van der Waals surface area contributed by atoms with Crippen molar-refractivity contribution in [1.82, 2.24) is 15.0 Å². The maximum Gasteiger partial charge on any atom is 0.223 e. The van der Waals surface area contributed by atoms with E-state index in [4.69, 9.17) is 0 Å². The second-order valence-electron chi connectivity index (χ2n) is 6.16. The van der Waals surface area contributed by atoms with Crippen LogP contribution in [0.25, 0.3) is 10.9 Å². The molecule has 0 radical (unpaired) electrons. The molecule has 2 N–H and O–H groups in total. The molecular weight excluding hydrogens is 314 g/mol. The normalized spacial score (nSPS) is 18.2. The Labute approximate surface area is 135 Å². The van der Waals surface area contributed by atoms with Crippen molar-refractivity contribution >= 4 is 32.5 Å². The van der Waals surface area contributed by atoms with Gasteiger partial charge in [0.25, 0.3) is 0 Å². The Morgan fingerprint density at radius 2 is 1.96 bits per heavy atom. The number of anilines is 2. The Bertz CT molecular complexity index is 793. The molecule has 3 heterocycles. The number of hydrogen-bond donors (Lipinski definition) is 2. The highest BCUT2D eigenvalue weighted by atomic mass is 32.2. The molecule has 0 atom stereocenters. The number of fused-ring (bicyclic) bond motifs is 1. The van der Waals surface area contributed by atoms with Crippen LogP contribution in [0.1, 0.15) is 26.7 Å². The minimum absolute atomic E-state index is 0.0918. The SMILES string of the molecule is CC(C)Nc1nccc2cnc(NC3CCS(=O)(=O)CC3)nc12. The van der Waals surface area contributed by atoms with Crippen molar-refractivity contribution in [3.63, 3.8) is 0 Å². The molecule has 0 unspecified atom stereocenters. The van der Waals surface area contributed by atoms with Crippen molar-refractivity contribution in [3.8, 4) is 0 Å². The highest BCUT2D eigenvalue weighted by Crippen LogP contribution is 2.21. The average molecular weight is 335 g/mol. The molecule has 23 heavy (non-hydrogen) atoms. The van der Waals surface area contributed by atoms with Crippen molar-refractivity contribution in [2.45, 2.75) is 38.8 Å². The minimum atomic E-state index is -2.86. The summed E-state index contributed by atoms with van der Waals surface area (Å²) in [5, 5.41) is 7.45. The Kier molecular flexibility index (Phi) is 4.34. The van der Waals surface area contributed by atoms with E-state index < -0.39 is 9.84 Å². The fourth-order valence-corrected chi connectivity index (χ4v) is 4.11. The van der Waals surface area contributed by atoms with Crippen LogP contribution in [0.4, 0.5) is 11.8 Å². The summed E-state index contributed by atoms with van der Waals surface area (Å²) in [5.41, 5.74) is 0.766. The summed E-state index contributed by atoms with van der Waals surface area (Å²) in [6.45, 7) is 4.09. The van der Waals surface area contributed by atoms with Gasteiger partial charge in [-0.2, -0.15) is 0 Å². The van der Waals surface area contributed by atoms with E-state index in [2.05, 4.69) is 25.6 Å². The van der Waals surface area contributed by atoms with Crippen LogP contribution >= 0.6 is 0 Å². The summed E-state index contributed by atoms with van der Waals surface area (Å²) in [7, 11) is -2.86. The van der Waals surface area contributed by atoms with Gasteiger partial charge in [0.1, 0.15) is 15.4 Å². The Hall–Kier alpha value is -1.96. The first-order valence-corrected chi connectivity index (χ1v) is 9.60. The largest absolute Gasteiger partial charge is 0.366 e. The molecule has 0 aromatic carbocycles. The van der Waals surface area contributed by atoms with Gasteiger partial charge in [0, 0.05) is 29.9 Å². The Morgan fingerprint density at radius 1 is 1.22 bits per heavy atom. The van der Waals surface area contributed by atoms with Crippen LogP contribution in [0.2, 0.25) is 0 Å². The van der Waals surface area contributed by atoms with Crippen LogP contribution in [0.5, 0.6) is 0 Å². The lowest BCUT2D eigenvalue weighted by molar-refractivity contribution is 0.558. The Morgan fingerprint density at radius 3 is 2.65 bits per heavy atom. The minimum Gasteiger partial charge on any atom is -0.366 e. The summed E-state index contributed by atoms with van der Waals surface area (Å²) in [6.07, 6.45) is 4.68. The van der Waals surface area contributed by atoms with Crippen LogP contribution in [0.15, 0.2) is 18.5 Å². The summed E-state index contributed by atoms with van der Waals surface area (Å²) in [6, 6.07) is 2.22. The second kappa shape index (κ2) is 6.27. The molecule has 1 aliphatic heterocycles. The van der Waals surface area contributed by atoms with Gasteiger partial charge in [0.2, 0.25) is 5.95 Å². The first-order chi connectivity index (χ1) is 10.9. The molecule has 8 heteroatoms. The van der Waals surface area contributed by atoms with Crippen molar-refractivity contribution in [2.24, 2.45) is 0 Å². The van der Waals surface area contributed by atoms with Crippen molar-refractivity contribution in [2.75, 3.05) is 22.1 Å². The molecule has 1 saturated heterocycles. The average Bonchev–Trinajstić information content (AvgIpc) is 2.49. The summed E-state index contributed by atoms with van der Waals surface area (Å²) < 4.78 is 23.0. The van der Waals surface area contributed by atoms with Gasteiger partial charge in [0.15, 0.2) is 5.82 Å². The molecular formula is C15H21N5O2S. The van der Waals surface area contributed by atoms with Gasteiger partial charge in [-0.3, -0.25) is 0 Å². The van der Waals surface area contributed by atoms with E-state index in [1.807, 2.05) is 19.9 Å². The third-order valence-corrected chi connectivity index (χ3v) is 5.53. The third-order valence-electron chi connectivity index (χ3n) is 3.81. The van der Waals surface area contributed by atoms with E-state index in [-0.39, 0.29) is 23.6 Å². The summed E-state index contributed by atoms with van der Waals surface area (Å²) in [4.78, 5) is 13.2. The maximum absolute atomic E-state index is 11.5. The standard InChI is InChI=1S/C15H21N5O2S/c1-10(2)18-14-13-11(3-6-16-14)9-17-15(20-13)19-12-4-7-23(21,22)8-5-12/h3,6,9-10,12H,4-5,7-8H2,1-2H3,(H,16,18)(H,17,19,20). The number of aromatic nitrogens is 3. The molecule has 2 aromatic heterocycles. The predicted octanol–water partition coefficient (Wildman–Crippen LogP) is 1.83. The fraction of sp³-hybridized carbons (Fsp3) is 0.533. The van der Waals surface area contributed by atoms with E-state index in [1.54, 1.807) is 12.4 Å². The molecule has 3 rings (SSSR count). The van der Waals surface area contributed by atoms with Crippen LogP contribution in [0, 0.1) is 0 Å². The van der Waals surface area contributed by atoms with E-state index >= 15 is 0 Å². The predicted molar refractivity (Wildman–Crippen MR) is 91.4 cm³/mol. The Balaban J connectivity index is 1.82. The highest BCUT2D eigenvalue weighted by molar-refractivity contribution is 7.91. The zero-order chi connectivity index (χ0) is 16.4. The van der Waals surface area contributed by atoms with E-state index in [0.717, 1.165) is 16.7 Å². The van der Waals surface area contributed by atoms with Crippen LogP contribution in [0.3, 0.4) is 0 Å². The van der Waals surface area contributed by atoms with Gasteiger partial charge in [-0.1, -0.05) is 0 Å². The number of pyridine rings is 1. The molecule has 1 fully saturated rings. The number of nitrogens with zero attached hydrogens (tertiary/aromatic N) is 3. The van der Waals surface area contributed by atoms with Crippen LogP contribution in [-0.2, 0) is 9.84 Å². The summed E-state index contributed by atoms with van der Waals surface area (Å²) in [5.74, 6) is 1.69. The second-order valence-corrected chi connectivity index (χ2v) is 8.46. The van der Waals surface area contributed by atoms with Crippen molar-refractivity contribution in [1.29, 1.82) is 0 Å². The molecule has 0 saturated carbocycles. The molecule has 0 bridgehead atoms. The number of hydrogen-bond acceptors (Lipinski definition) is 7.